The molecule has 0 aromatic heterocycles. The molecular weight excluding hydrogens is 521 g/mol. The molecule has 4 rings (SSSR count). The number of fused-ring (bicyclic) bond motifs is 1. The second kappa shape index (κ2) is 12.9. The fraction of sp³-hybridized carbons (Fsp3) is 0.519. The second-order valence-corrected chi connectivity index (χ2v) is 9.74. The molecule has 0 radical (unpaired) electrons. The topological polar surface area (TPSA) is 71.3 Å². The molecule has 0 bridgehead atoms. The van der Waals surface area contributed by atoms with Crippen LogP contribution in [0.15, 0.2) is 36.4 Å². The zero-order valence-corrected chi connectivity index (χ0v) is 22.6. The monoisotopic (exact) mass is 556 g/mol. The van der Waals surface area contributed by atoms with Crippen LogP contribution in [-0.2, 0) is 17.6 Å². The predicted molar refractivity (Wildman–Crippen MR) is 144 cm³/mol. The molecule has 2 aromatic rings. The number of nitrogens with two attached hydrogens (primary N) is 1. The first-order chi connectivity index (χ1) is 17.6. The predicted octanol–water partition coefficient (Wildman–Crippen LogP) is 4.17. The number of carbonyl (C=O) groups is 1. The summed E-state index contributed by atoms with van der Waals surface area (Å²) in [4.78, 5) is 18.4. The Morgan fingerprint density at radius 3 is 2.34 bits per heavy atom. The van der Waals surface area contributed by atoms with Gasteiger partial charge in [-0.05, 0) is 49.1 Å². The van der Waals surface area contributed by atoms with E-state index in [1.807, 2.05) is 6.07 Å². The molecular formula is C27H36ClF3N4O3. The summed E-state index contributed by atoms with van der Waals surface area (Å²) in [6, 6.07) is 11.0. The number of alkyl halides is 3. The van der Waals surface area contributed by atoms with E-state index >= 15 is 0 Å². The molecule has 7 nitrogen and oxygen atoms in total. The Morgan fingerprint density at radius 1 is 1.05 bits per heavy atom. The van der Waals surface area contributed by atoms with Crippen LogP contribution in [0.4, 0.5) is 24.5 Å². The molecule has 2 N–H and O–H groups in total. The Labute approximate surface area is 228 Å². The van der Waals surface area contributed by atoms with Crippen LogP contribution < -0.4 is 20.1 Å². The van der Waals surface area contributed by atoms with Crippen molar-refractivity contribution in [3.05, 3.63) is 47.5 Å². The van der Waals surface area contributed by atoms with Gasteiger partial charge in [0, 0.05) is 52.2 Å². The normalized spacial score (nSPS) is 17.0. The summed E-state index contributed by atoms with van der Waals surface area (Å²) in [6.07, 6.45) is -2.68. The number of rotatable bonds is 9. The molecule has 1 unspecified atom stereocenters. The standard InChI is InChI=1S/C27H35F3N4O3.ClH/c1-19(15-21-16-22-7-8-34(20(2)35)26(22)23(31)17-21)33-11-9-32(10-12-33)13-14-36-24-5-3-4-6-25(24)37-18-27(28,29)30;/h3-6,16-17,19H,7-15,18,31H2,1-2H3;1H. The minimum atomic E-state index is -4.40. The van der Waals surface area contributed by atoms with Gasteiger partial charge in [-0.2, -0.15) is 13.2 Å². The van der Waals surface area contributed by atoms with Crippen molar-refractivity contribution in [3.63, 3.8) is 0 Å². The third kappa shape index (κ3) is 7.68. The highest BCUT2D eigenvalue weighted by Crippen LogP contribution is 2.35. The van der Waals surface area contributed by atoms with Crippen LogP contribution in [0.2, 0.25) is 0 Å². The molecule has 2 aromatic carbocycles. The zero-order valence-electron chi connectivity index (χ0n) is 21.8. The molecule has 2 heterocycles. The van der Waals surface area contributed by atoms with E-state index in [1.165, 1.54) is 11.6 Å². The molecule has 0 saturated carbocycles. The number of carbonyl (C=O) groups excluding carboxylic acids is 1. The summed E-state index contributed by atoms with van der Waals surface area (Å²) in [5.41, 5.74) is 10.2. The lowest BCUT2D eigenvalue weighted by Gasteiger charge is -2.38. The number of nitrogens with zero attached hydrogens (tertiary/aromatic N) is 3. The molecule has 0 aliphatic carbocycles. The van der Waals surface area contributed by atoms with Crippen molar-refractivity contribution in [2.75, 3.05) is 63.1 Å². The van der Waals surface area contributed by atoms with E-state index in [0.717, 1.165) is 50.3 Å². The van der Waals surface area contributed by atoms with Gasteiger partial charge < -0.3 is 20.1 Å². The highest BCUT2D eigenvalue weighted by atomic mass is 35.5. The number of benzene rings is 2. The van der Waals surface area contributed by atoms with Crippen LogP contribution in [0.1, 0.15) is 25.0 Å². The number of anilines is 2. The van der Waals surface area contributed by atoms with Crippen molar-refractivity contribution in [3.8, 4) is 11.5 Å². The minimum Gasteiger partial charge on any atom is -0.488 e. The van der Waals surface area contributed by atoms with Crippen LogP contribution in [-0.4, -0.2) is 80.4 Å². The average Bonchev–Trinajstić information content (AvgIpc) is 3.28. The fourth-order valence-electron chi connectivity index (χ4n) is 5.11. The maximum absolute atomic E-state index is 12.5. The number of hydrogen-bond donors (Lipinski definition) is 1. The van der Waals surface area contributed by atoms with E-state index < -0.39 is 12.8 Å². The lowest BCUT2D eigenvalue weighted by atomic mass is 10.00. The number of nitrogen functional groups attached to an aromatic ring is 1. The summed E-state index contributed by atoms with van der Waals surface area (Å²) >= 11 is 0. The van der Waals surface area contributed by atoms with Crippen molar-refractivity contribution in [2.45, 2.75) is 38.9 Å². The van der Waals surface area contributed by atoms with Gasteiger partial charge in [-0.3, -0.25) is 14.6 Å². The largest absolute Gasteiger partial charge is 0.488 e. The van der Waals surface area contributed by atoms with Gasteiger partial charge in [0.15, 0.2) is 18.1 Å². The first kappa shape index (κ1) is 29.9. The van der Waals surface area contributed by atoms with E-state index in [0.29, 0.717) is 37.2 Å². The Hall–Kier alpha value is -2.69. The smallest absolute Gasteiger partial charge is 0.422 e. The summed E-state index contributed by atoms with van der Waals surface area (Å²) in [5, 5.41) is 0. The quantitative estimate of drug-likeness (QED) is 0.468. The highest BCUT2D eigenvalue weighted by molar-refractivity contribution is 5.97. The van der Waals surface area contributed by atoms with Crippen LogP contribution in [0, 0.1) is 0 Å². The van der Waals surface area contributed by atoms with Gasteiger partial charge in [-0.1, -0.05) is 18.2 Å². The number of para-hydroxylation sites is 2. The van der Waals surface area contributed by atoms with Crippen LogP contribution in [0.3, 0.4) is 0 Å². The fourth-order valence-corrected chi connectivity index (χ4v) is 5.11. The van der Waals surface area contributed by atoms with Crippen molar-refractivity contribution in [2.24, 2.45) is 0 Å². The average molecular weight is 557 g/mol. The second-order valence-electron chi connectivity index (χ2n) is 9.74. The van der Waals surface area contributed by atoms with Gasteiger partial charge in [0.25, 0.3) is 0 Å². The molecule has 1 atom stereocenters. The van der Waals surface area contributed by atoms with E-state index in [1.54, 1.807) is 30.0 Å². The third-order valence-electron chi connectivity index (χ3n) is 7.00. The van der Waals surface area contributed by atoms with Gasteiger partial charge in [0.05, 0.1) is 11.4 Å². The third-order valence-corrected chi connectivity index (χ3v) is 7.00. The summed E-state index contributed by atoms with van der Waals surface area (Å²) in [6.45, 7) is 7.81. The molecule has 1 saturated heterocycles. The number of hydrogen-bond acceptors (Lipinski definition) is 6. The molecule has 1 amide bonds. The van der Waals surface area contributed by atoms with E-state index in [4.69, 9.17) is 15.2 Å². The van der Waals surface area contributed by atoms with E-state index in [2.05, 4.69) is 22.8 Å². The molecule has 2 aliphatic rings. The van der Waals surface area contributed by atoms with Gasteiger partial charge in [0.2, 0.25) is 5.91 Å². The van der Waals surface area contributed by atoms with Gasteiger partial charge in [0.1, 0.15) is 6.61 Å². The SMILES string of the molecule is CC(=O)N1CCc2cc(CC(C)N3CCN(CCOc4ccccc4OCC(F)(F)F)CC3)cc(N)c21.Cl. The van der Waals surface area contributed by atoms with Crippen molar-refractivity contribution in [1.29, 1.82) is 0 Å². The van der Waals surface area contributed by atoms with Crippen LogP contribution >= 0.6 is 12.4 Å². The first-order valence-corrected chi connectivity index (χ1v) is 12.7. The van der Waals surface area contributed by atoms with Gasteiger partial charge in [-0.25, -0.2) is 0 Å². The number of halogens is 4. The molecule has 210 valence electrons. The Bertz CT molecular complexity index is 1090. The Kier molecular flexibility index (Phi) is 10.1. The van der Waals surface area contributed by atoms with Crippen molar-refractivity contribution < 1.29 is 27.4 Å². The maximum Gasteiger partial charge on any atom is 0.422 e. The Balaban J connectivity index is 0.00000400. The number of piperazine rings is 1. The highest BCUT2D eigenvalue weighted by Gasteiger charge is 2.29. The number of amides is 1. The van der Waals surface area contributed by atoms with Crippen LogP contribution in [0.5, 0.6) is 11.5 Å². The minimum absolute atomic E-state index is 0. The van der Waals surface area contributed by atoms with Gasteiger partial charge in [-0.15, -0.1) is 12.4 Å². The molecule has 1 fully saturated rings. The summed E-state index contributed by atoms with van der Waals surface area (Å²) in [5.74, 6) is 0.438. The lowest BCUT2D eigenvalue weighted by Crippen LogP contribution is -2.50. The number of ether oxygens (including phenoxy) is 2. The van der Waals surface area contributed by atoms with Crippen LogP contribution in [0.25, 0.3) is 0 Å². The van der Waals surface area contributed by atoms with Crippen molar-refractivity contribution >= 4 is 29.7 Å². The maximum atomic E-state index is 12.5. The van der Waals surface area contributed by atoms with Gasteiger partial charge >= 0.3 is 6.18 Å². The summed E-state index contributed by atoms with van der Waals surface area (Å²) < 4.78 is 48.1. The molecule has 2 aliphatic heterocycles. The molecule has 11 heteroatoms. The zero-order chi connectivity index (χ0) is 26.6. The van der Waals surface area contributed by atoms with E-state index in [9.17, 15) is 18.0 Å². The molecule has 38 heavy (non-hydrogen) atoms. The van der Waals surface area contributed by atoms with E-state index in [-0.39, 0.29) is 24.1 Å². The summed E-state index contributed by atoms with van der Waals surface area (Å²) in [7, 11) is 0. The first-order valence-electron chi connectivity index (χ1n) is 12.7. The lowest BCUT2D eigenvalue weighted by molar-refractivity contribution is -0.153. The Morgan fingerprint density at radius 2 is 1.71 bits per heavy atom. The van der Waals surface area contributed by atoms with Crippen molar-refractivity contribution in [1.82, 2.24) is 9.80 Å². The molecule has 0 spiro atoms.